The van der Waals surface area contributed by atoms with Crippen molar-refractivity contribution < 1.29 is 14.3 Å². The number of ether oxygens (including phenoxy) is 1. The minimum Gasteiger partial charge on any atom is -0.383 e. The van der Waals surface area contributed by atoms with E-state index in [2.05, 4.69) is 26.1 Å². The van der Waals surface area contributed by atoms with Gasteiger partial charge in [-0.05, 0) is 30.2 Å². The fourth-order valence-corrected chi connectivity index (χ4v) is 6.01. The first kappa shape index (κ1) is 27.2. The molecular weight excluding hydrogens is 508 g/mol. The average molecular weight is 541 g/mol. The molecule has 1 aromatic heterocycles. The summed E-state index contributed by atoms with van der Waals surface area (Å²) in [4.78, 5) is 28.2. The Morgan fingerprint density at radius 2 is 1.89 bits per heavy atom. The van der Waals surface area contributed by atoms with Gasteiger partial charge in [0.15, 0.2) is 0 Å². The highest BCUT2D eigenvalue weighted by Crippen LogP contribution is 2.49. The molecule has 0 aliphatic carbocycles. The number of carbonyl (C=O) groups excluding carboxylic acids is 2. The van der Waals surface area contributed by atoms with E-state index in [1.54, 1.807) is 12.0 Å². The number of thioether (sulfide) groups is 1. The predicted octanol–water partition coefficient (Wildman–Crippen LogP) is 5.06. The number of aromatic nitrogens is 2. The van der Waals surface area contributed by atoms with Gasteiger partial charge in [0.2, 0.25) is 11.8 Å². The maximum atomic E-state index is 13.7. The van der Waals surface area contributed by atoms with Crippen molar-refractivity contribution in [1.82, 2.24) is 15.1 Å². The fourth-order valence-electron chi connectivity index (χ4n) is 4.47. The Balaban J connectivity index is 1.98. The van der Waals surface area contributed by atoms with E-state index in [-0.39, 0.29) is 34.8 Å². The summed E-state index contributed by atoms with van der Waals surface area (Å²) >= 11 is 8.22. The van der Waals surface area contributed by atoms with E-state index in [1.165, 1.54) is 11.8 Å². The van der Waals surface area contributed by atoms with E-state index in [9.17, 15) is 9.59 Å². The summed E-state index contributed by atoms with van der Waals surface area (Å²) in [5.74, 6) is 0.402. The van der Waals surface area contributed by atoms with Gasteiger partial charge >= 0.3 is 0 Å². The molecule has 0 fully saturated rings. The van der Waals surface area contributed by atoms with Crippen molar-refractivity contribution in [2.75, 3.05) is 37.5 Å². The van der Waals surface area contributed by atoms with Crippen molar-refractivity contribution in [2.45, 2.75) is 38.4 Å². The molecule has 2 aromatic carbocycles. The van der Waals surface area contributed by atoms with E-state index in [4.69, 9.17) is 21.4 Å². The monoisotopic (exact) mass is 540 g/mol. The number of nitrogens with one attached hydrogen (secondary N) is 1. The largest absolute Gasteiger partial charge is 0.383 e. The van der Waals surface area contributed by atoms with Crippen molar-refractivity contribution in [2.24, 2.45) is 0 Å². The van der Waals surface area contributed by atoms with Crippen molar-refractivity contribution in [3.05, 3.63) is 75.9 Å². The maximum absolute atomic E-state index is 13.7. The average Bonchev–Trinajstić information content (AvgIpc) is 3.18. The third kappa shape index (κ3) is 5.71. The van der Waals surface area contributed by atoms with Crippen molar-refractivity contribution in [3.8, 4) is 5.69 Å². The molecule has 196 valence electrons. The molecule has 1 aliphatic rings. The number of rotatable bonds is 7. The summed E-state index contributed by atoms with van der Waals surface area (Å²) in [6.45, 7) is 8.99. The first-order valence-electron chi connectivity index (χ1n) is 12.2. The molecule has 9 heteroatoms. The van der Waals surface area contributed by atoms with Gasteiger partial charge in [-0.25, -0.2) is 4.68 Å². The van der Waals surface area contributed by atoms with Gasteiger partial charge in [-0.3, -0.25) is 14.5 Å². The third-order valence-corrected chi connectivity index (χ3v) is 7.84. The van der Waals surface area contributed by atoms with Crippen LogP contribution in [0.25, 0.3) is 5.69 Å². The van der Waals surface area contributed by atoms with Gasteiger partial charge in [0.25, 0.3) is 0 Å². The van der Waals surface area contributed by atoms with Crippen molar-refractivity contribution >= 4 is 41.0 Å². The predicted molar refractivity (Wildman–Crippen MR) is 150 cm³/mol. The van der Waals surface area contributed by atoms with E-state index < -0.39 is 0 Å². The number of aryl methyl sites for hydroxylation is 1. The lowest BCUT2D eigenvalue weighted by molar-refractivity contribution is -0.123. The molecule has 2 amide bonds. The van der Waals surface area contributed by atoms with Gasteiger partial charge < -0.3 is 10.1 Å². The second kappa shape index (κ2) is 11.3. The van der Waals surface area contributed by atoms with Gasteiger partial charge in [-0.15, -0.1) is 11.8 Å². The quantitative estimate of drug-likeness (QED) is 0.424. The maximum Gasteiger partial charge on any atom is 0.240 e. The van der Waals surface area contributed by atoms with E-state index in [1.807, 2.05) is 60.1 Å². The van der Waals surface area contributed by atoms with Crippen LogP contribution in [0.5, 0.6) is 0 Å². The smallest absolute Gasteiger partial charge is 0.240 e. The molecule has 0 radical (unpaired) electrons. The number of nitrogens with zero attached hydrogens (tertiary/aromatic N) is 3. The lowest BCUT2D eigenvalue weighted by Gasteiger charge is -2.25. The summed E-state index contributed by atoms with van der Waals surface area (Å²) in [6, 6.07) is 15.6. The van der Waals surface area contributed by atoms with Crippen LogP contribution in [-0.4, -0.2) is 54.2 Å². The first-order chi connectivity index (χ1) is 17.6. The highest BCUT2D eigenvalue weighted by molar-refractivity contribution is 8.00. The number of fused-ring (bicyclic) bond motifs is 1. The number of hydrogen-bond donors (Lipinski definition) is 1. The Hall–Kier alpha value is -2.81. The number of anilines is 1. The van der Waals surface area contributed by atoms with Crippen LogP contribution in [0.1, 0.15) is 48.4 Å². The second-order valence-corrected chi connectivity index (χ2v) is 11.6. The minimum atomic E-state index is -0.335. The van der Waals surface area contributed by atoms with E-state index >= 15 is 0 Å². The fraction of sp³-hybridized carbons (Fsp3) is 0.393. The van der Waals surface area contributed by atoms with Crippen molar-refractivity contribution in [3.63, 3.8) is 0 Å². The number of hydrogen-bond acceptors (Lipinski definition) is 5. The van der Waals surface area contributed by atoms with Crippen LogP contribution in [0.15, 0.2) is 48.5 Å². The molecule has 0 spiro atoms. The van der Waals surface area contributed by atoms with Crippen LogP contribution >= 0.6 is 23.4 Å². The number of methoxy groups -OCH3 is 1. The molecule has 4 rings (SSSR count). The highest BCUT2D eigenvalue weighted by Gasteiger charge is 2.40. The van der Waals surface area contributed by atoms with Crippen LogP contribution in [0.4, 0.5) is 5.82 Å². The van der Waals surface area contributed by atoms with Crippen LogP contribution in [0, 0.1) is 6.92 Å². The molecule has 7 nitrogen and oxygen atoms in total. The van der Waals surface area contributed by atoms with Crippen LogP contribution in [0.2, 0.25) is 5.02 Å². The first-order valence-corrected chi connectivity index (χ1v) is 13.7. The van der Waals surface area contributed by atoms with Gasteiger partial charge in [0, 0.05) is 29.7 Å². The van der Waals surface area contributed by atoms with Gasteiger partial charge in [0.05, 0.1) is 29.0 Å². The molecule has 3 aromatic rings. The lowest BCUT2D eigenvalue weighted by Crippen LogP contribution is -2.43. The molecule has 1 N–H and O–H groups in total. The zero-order valence-electron chi connectivity index (χ0n) is 21.9. The Labute approximate surface area is 227 Å². The highest BCUT2D eigenvalue weighted by atomic mass is 35.5. The third-order valence-electron chi connectivity index (χ3n) is 6.26. The molecule has 0 saturated carbocycles. The number of halogens is 1. The molecule has 2 heterocycles. The Kier molecular flexibility index (Phi) is 8.31. The summed E-state index contributed by atoms with van der Waals surface area (Å²) in [6.07, 6.45) is 0. The molecule has 1 atom stereocenters. The zero-order chi connectivity index (χ0) is 26.7. The Morgan fingerprint density at radius 3 is 2.57 bits per heavy atom. The van der Waals surface area contributed by atoms with Gasteiger partial charge in [-0.2, -0.15) is 5.10 Å². The van der Waals surface area contributed by atoms with E-state index in [0.717, 1.165) is 28.1 Å². The molecule has 1 unspecified atom stereocenters. The SMILES string of the molecule is COCCNC(=O)CN1C(=O)CSC(c2ccccc2Cl)c2c(C(C)(C)C)nn(-c3ccccc3C)c21. The Morgan fingerprint density at radius 1 is 1.19 bits per heavy atom. The van der Waals surface area contributed by atoms with Crippen LogP contribution in [0.3, 0.4) is 0 Å². The van der Waals surface area contributed by atoms with E-state index in [0.29, 0.717) is 24.0 Å². The molecule has 0 saturated heterocycles. The molecule has 1 aliphatic heterocycles. The van der Waals surface area contributed by atoms with Crippen LogP contribution in [-0.2, 0) is 19.7 Å². The summed E-state index contributed by atoms with van der Waals surface area (Å²) < 4.78 is 6.89. The number of carbonyl (C=O) groups is 2. The molecule has 0 bridgehead atoms. The number of para-hydroxylation sites is 1. The second-order valence-electron chi connectivity index (χ2n) is 10.1. The van der Waals surface area contributed by atoms with Crippen molar-refractivity contribution in [1.29, 1.82) is 0 Å². The summed E-state index contributed by atoms with van der Waals surface area (Å²) in [7, 11) is 1.58. The molecule has 37 heavy (non-hydrogen) atoms. The standard InChI is InChI=1S/C28H33ClN4O3S/c1-18-10-6-9-13-21(18)33-27-24(26(31-33)28(2,3)4)25(19-11-7-8-12-20(19)29)37-17-23(35)32(27)16-22(34)30-14-15-36-5/h6-13,25H,14-17H2,1-5H3,(H,30,34). The normalized spacial score (nSPS) is 15.9. The number of amides is 2. The summed E-state index contributed by atoms with van der Waals surface area (Å²) in [5, 5.41) is 8.37. The van der Waals surface area contributed by atoms with Crippen LogP contribution < -0.4 is 10.2 Å². The lowest BCUT2D eigenvalue weighted by atomic mass is 9.87. The van der Waals surface area contributed by atoms with Gasteiger partial charge in [0.1, 0.15) is 12.4 Å². The minimum absolute atomic E-state index is 0.119. The van der Waals surface area contributed by atoms with Gasteiger partial charge in [-0.1, -0.05) is 68.8 Å². The molecular formula is C28H33ClN4O3S. The zero-order valence-corrected chi connectivity index (χ0v) is 23.4. The number of benzene rings is 2. The Bertz CT molecular complexity index is 1300. The topological polar surface area (TPSA) is 76.5 Å². The summed E-state index contributed by atoms with van der Waals surface area (Å²) in [5.41, 5.74) is 4.22.